The molecule has 9 heteroatoms. The summed E-state index contributed by atoms with van der Waals surface area (Å²) in [6.45, 7) is 5.72. The number of nitrogens with one attached hydrogen (secondary N) is 1. The first-order chi connectivity index (χ1) is 16.7. The number of hydrogen-bond acceptors (Lipinski definition) is 5. The highest BCUT2D eigenvalue weighted by atomic mass is 19.3. The minimum atomic E-state index is -3.10. The van der Waals surface area contributed by atoms with E-state index in [9.17, 15) is 18.4 Å². The Morgan fingerprint density at radius 3 is 2.63 bits per heavy atom. The number of benzene rings is 1. The van der Waals surface area contributed by atoms with Gasteiger partial charge in [0.15, 0.2) is 0 Å². The molecule has 3 heterocycles. The van der Waals surface area contributed by atoms with Gasteiger partial charge in [0.05, 0.1) is 13.2 Å². The lowest BCUT2D eigenvalue weighted by molar-refractivity contribution is -0.0128. The van der Waals surface area contributed by atoms with Gasteiger partial charge in [-0.3, -0.25) is 14.6 Å². The van der Waals surface area contributed by atoms with Crippen molar-refractivity contribution in [3.63, 3.8) is 0 Å². The van der Waals surface area contributed by atoms with Crippen molar-refractivity contribution in [2.75, 3.05) is 36.5 Å². The van der Waals surface area contributed by atoms with Crippen molar-refractivity contribution < 1.29 is 18.3 Å². The average molecular weight is 483 g/mol. The second kappa shape index (κ2) is 9.95. The average Bonchev–Trinajstić information content (AvgIpc) is 2.87. The van der Waals surface area contributed by atoms with Crippen LogP contribution in [0.4, 0.5) is 20.2 Å². The minimum absolute atomic E-state index is 0.0878. The van der Waals surface area contributed by atoms with Gasteiger partial charge in [0, 0.05) is 55.8 Å². The number of rotatable bonds is 6. The first kappa shape index (κ1) is 24.5. The molecular weight excluding hydrogens is 454 g/mol. The molecule has 184 valence electrons. The number of ether oxygens (including phenoxy) is 1. The van der Waals surface area contributed by atoms with E-state index in [4.69, 9.17) is 4.74 Å². The second-order valence-corrected chi connectivity index (χ2v) is 8.60. The number of anilines is 2. The molecule has 0 saturated carbocycles. The van der Waals surface area contributed by atoms with Gasteiger partial charge in [0.25, 0.3) is 17.4 Å². The lowest BCUT2D eigenvalue weighted by Gasteiger charge is -2.29. The normalized spacial score (nSPS) is 14.1. The van der Waals surface area contributed by atoms with Crippen LogP contribution in [0.1, 0.15) is 35.0 Å². The van der Waals surface area contributed by atoms with Gasteiger partial charge in [0.2, 0.25) is 0 Å². The number of pyridine rings is 2. The fourth-order valence-corrected chi connectivity index (χ4v) is 4.04. The number of alkyl halides is 2. The summed E-state index contributed by atoms with van der Waals surface area (Å²) in [5.41, 5.74) is 3.33. The van der Waals surface area contributed by atoms with Crippen molar-refractivity contribution in [1.82, 2.24) is 9.55 Å². The predicted octanol–water partition coefficient (Wildman–Crippen LogP) is 4.35. The molecule has 4 rings (SSSR count). The molecule has 1 aliphatic heterocycles. The fraction of sp³-hybridized carbons (Fsp3) is 0.346. The SMILES string of the molecule is CCC(F)(F)c1cc(C(=O)Nc2ccc(C)c(-c3cc(N4CCOCC4)c(=O)n(C)c3)c2)ccn1. The molecule has 7 nitrogen and oxygen atoms in total. The molecule has 0 spiro atoms. The van der Waals surface area contributed by atoms with E-state index >= 15 is 0 Å². The van der Waals surface area contributed by atoms with Gasteiger partial charge < -0.3 is 19.5 Å². The highest BCUT2D eigenvalue weighted by Gasteiger charge is 2.31. The summed E-state index contributed by atoms with van der Waals surface area (Å²) >= 11 is 0. The number of nitrogens with zero attached hydrogens (tertiary/aromatic N) is 3. The molecule has 3 aromatic rings. The van der Waals surface area contributed by atoms with Crippen LogP contribution in [0.15, 0.2) is 53.6 Å². The fourth-order valence-electron chi connectivity index (χ4n) is 4.04. The number of carbonyl (C=O) groups is 1. The Labute approximate surface area is 202 Å². The monoisotopic (exact) mass is 482 g/mol. The molecule has 0 bridgehead atoms. The Bertz CT molecular complexity index is 1300. The van der Waals surface area contributed by atoms with Crippen LogP contribution in [0.2, 0.25) is 0 Å². The van der Waals surface area contributed by atoms with E-state index in [0.717, 1.165) is 22.8 Å². The Hall–Kier alpha value is -3.59. The third kappa shape index (κ3) is 5.24. The largest absolute Gasteiger partial charge is 0.378 e. The molecular formula is C26H28F2N4O3. The number of morpholine rings is 1. The van der Waals surface area contributed by atoms with E-state index < -0.39 is 23.9 Å². The zero-order valence-electron chi connectivity index (χ0n) is 20.0. The van der Waals surface area contributed by atoms with E-state index in [-0.39, 0.29) is 11.1 Å². The highest BCUT2D eigenvalue weighted by molar-refractivity contribution is 6.04. The van der Waals surface area contributed by atoms with E-state index in [1.54, 1.807) is 23.9 Å². The molecule has 35 heavy (non-hydrogen) atoms. The van der Waals surface area contributed by atoms with Crippen LogP contribution in [0, 0.1) is 6.92 Å². The van der Waals surface area contributed by atoms with Crippen LogP contribution in [-0.2, 0) is 17.7 Å². The van der Waals surface area contributed by atoms with Gasteiger partial charge in [-0.05, 0) is 48.4 Å². The van der Waals surface area contributed by atoms with Gasteiger partial charge in [0.1, 0.15) is 11.4 Å². The van der Waals surface area contributed by atoms with Crippen molar-refractivity contribution in [3.8, 4) is 11.1 Å². The van der Waals surface area contributed by atoms with Crippen molar-refractivity contribution in [2.24, 2.45) is 7.05 Å². The summed E-state index contributed by atoms with van der Waals surface area (Å²) < 4.78 is 35.0. The predicted molar refractivity (Wildman–Crippen MR) is 131 cm³/mol. The third-order valence-electron chi connectivity index (χ3n) is 6.16. The zero-order valence-corrected chi connectivity index (χ0v) is 20.0. The molecule has 1 aromatic carbocycles. The Morgan fingerprint density at radius 2 is 1.91 bits per heavy atom. The van der Waals surface area contributed by atoms with Gasteiger partial charge in [-0.2, -0.15) is 8.78 Å². The number of halogens is 2. The Morgan fingerprint density at radius 1 is 1.17 bits per heavy atom. The highest BCUT2D eigenvalue weighted by Crippen LogP contribution is 2.31. The minimum Gasteiger partial charge on any atom is -0.378 e. The van der Waals surface area contributed by atoms with E-state index in [2.05, 4.69) is 10.3 Å². The van der Waals surface area contributed by atoms with Crippen LogP contribution in [0.5, 0.6) is 0 Å². The molecule has 1 fully saturated rings. The third-order valence-corrected chi connectivity index (χ3v) is 6.16. The molecule has 0 radical (unpaired) electrons. The molecule has 0 atom stereocenters. The molecule has 1 N–H and O–H groups in total. The van der Waals surface area contributed by atoms with Crippen LogP contribution in [0.3, 0.4) is 0 Å². The quantitative estimate of drug-likeness (QED) is 0.566. The zero-order chi connectivity index (χ0) is 25.2. The smallest absolute Gasteiger partial charge is 0.289 e. The summed E-state index contributed by atoms with van der Waals surface area (Å²) in [4.78, 5) is 31.4. The van der Waals surface area contributed by atoms with E-state index in [1.165, 1.54) is 19.2 Å². The Kier molecular flexibility index (Phi) is 6.98. The number of carbonyl (C=O) groups excluding carboxylic acids is 1. The number of aryl methyl sites for hydroxylation is 2. The van der Waals surface area contributed by atoms with Gasteiger partial charge in [-0.1, -0.05) is 13.0 Å². The first-order valence-electron chi connectivity index (χ1n) is 11.5. The summed E-state index contributed by atoms with van der Waals surface area (Å²) in [6.07, 6.45) is 2.58. The van der Waals surface area contributed by atoms with Gasteiger partial charge in [-0.15, -0.1) is 0 Å². The van der Waals surface area contributed by atoms with Crippen molar-refractivity contribution in [2.45, 2.75) is 26.2 Å². The van der Waals surface area contributed by atoms with Crippen LogP contribution in [0.25, 0.3) is 11.1 Å². The lowest BCUT2D eigenvalue weighted by atomic mass is 10.0. The van der Waals surface area contributed by atoms with E-state index in [0.29, 0.717) is 37.7 Å². The summed E-state index contributed by atoms with van der Waals surface area (Å²) in [5.74, 6) is -3.61. The van der Waals surface area contributed by atoms with Crippen molar-refractivity contribution in [1.29, 1.82) is 0 Å². The maximum atomic E-state index is 14.0. The first-order valence-corrected chi connectivity index (χ1v) is 11.5. The van der Waals surface area contributed by atoms with Crippen molar-refractivity contribution in [3.05, 3.63) is 76.0 Å². The van der Waals surface area contributed by atoms with Gasteiger partial charge >= 0.3 is 0 Å². The van der Waals surface area contributed by atoms with Crippen molar-refractivity contribution >= 4 is 17.3 Å². The lowest BCUT2D eigenvalue weighted by Crippen LogP contribution is -2.40. The molecule has 1 saturated heterocycles. The molecule has 0 unspecified atom stereocenters. The number of aromatic nitrogens is 2. The summed E-state index contributed by atoms with van der Waals surface area (Å²) in [7, 11) is 1.71. The number of amides is 1. The maximum absolute atomic E-state index is 14.0. The molecule has 1 aliphatic rings. The van der Waals surface area contributed by atoms with Gasteiger partial charge in [-0.25, -0.2) is 0 Å². The molecule has 0 aliphatic carbocycles. The topological polar surface area (TPSA) is 76.5 Å². The number of hydrogen-bond donors (Lipinski definition) is 1. The standard InChI is InChI=1S/C26H28F2N4O3/c1-4-26(27,28)23-14-18(7-8-29-23)24(33)30-20-6-5-17(2)21(15-20)19-13-22(25(34)31(3)16-19)32-9-11-35-12-10-32/h5-8,13-16H,4,9-12H2,1-3H3,(H,30,33). The second-order valence-electron chi connectivity index (χ2n) is 8.60. The maximum Gasteiger partial charge on any atom is 0.289 e. The van der Waals surface area contributed by atoms with Crippen LogP contribution in [-0.4, -0.2) is 41.8 Å². The summed E-state index contributed by atoms with van der Waals surface area (Å²) in [6, 6.07) is 9.83. The molecule has 1 amide bonds. The van der Waals surface area contributed by atoms with E-state index in [1.807, 2.05) is 30.0 Å². The van der Waals surface area contributed by atoms with Crippen LogP contribution >= 0.6 is 0 Å². The van der Waals surface area contributed by atoms with Crippen LogP contribution < -0.4 is 15.8 Å². The molecule has 2 aromatic heterocycles. The Balaban J connectivity index is 1.64. The summed E-state index contributed by atoms with van der Waals surface area (Å²) in [5, 5.41) is 2.79.